The zero-order valence-corrected chi connectivity index (χ0v) is 22.5. The molecule has 2 aliphatic rings. The molecule has 3 heterocycles. The highest BCUT2D eigenvalue weighted by molar-refractivity contribution is 5.90. The van der Waals surface area contributed by atoms with Crippen molar-refractivity contribution in [1.82, 2.24) is 20.1 Å². The quantitative estimate of drug-likeness (QED) is 0.659. The van der Waals surface area contributed by atoms with E-state index in [0.717, 1.165) is 29.4 Å². The number of nitrogens with one attached hydrogen (secondary N) is 2. The van der Waals surface area contributed by atoms with Gasteiger partial charge in [-0.25, -0.2) is 0 Å². The molecule has 2 N–H and O–H groups in total. The number of amides is 3. The fraction of sp³-hybridized carbons (Fsp3) is 0.607. The van der Waals surface area contributed by atoms with E-state index in [1.807, 2.05) is 32.2 Å². The lowest BCUT2D eigenvalue weighted by molar-refractivity contribution is -0.143. The van der Waals surface area contributed by atoms with Crippen molar-refractivity contribution >= 4 is 28.6 Å². The van der Waals surface area contributed by atoms with Crippen molar-refractivity contribution in [2.45, 2.75) is 65.0 Å². The van der Waals surface area contributed by atoms with E-state index in [9.17, 15) is 14.4 Å². The lowest BCUT2D eigenvalue weighted by atomic mass is 9.73. The Balaban J connectivity index is 1.35. The smallest absolute Gasteiger partial charge is 0.260 e. The highest BCUT2D eigenvalue weighted by atomic mass is 16.5. The van der Waals surface area contributed by atoms with Crippen LogP contribution in [0.1, 0.15) is 51.6 Å². The second-order valence-electron chi connectivity index (χ2n) is 10.7. The van der Waals surface area contributed by atoms with Gasteiger partial charge >= 0.3 is 0 Å². The molecule has 9 nitrogen and oxygen atoms in total. The van der Waals surface area contributed by atoms with Crippen molar-refractivity contribution < 1.29 is 23.9 Å². The number of nitrogens with zero attached hydrogens (tertiary/aromatic N) is 2. The van der Waals surface area contributed by atoms with Crippen LogP contribution in [0.2, 0.25) is 0 Å². The number of carbonyl (C=O) groups excluding carboxylic acids is 3. The predicted octanol–water partition coefficient (Wildman–Crippen LogP) is 2.68. The van der Waals surface area contributed by atoms with Gasteiger partial charge in [0.05, 0.1) is 12.0 Å². The van der Waals surface area contributed by atoms with E-state index < -0.39 is 11.5 Å². The van der Waals surface area contributed by atoms with Gasteiger partial charge < -0.3 is 29.6 Å². The Hall–Kier alpha value is -3.07. The van der Waals surface area contributed by atoms with Crippen molar-refractivity contribution in [3.05, 3.63) is 30.0 Å². The molecule has 0 bridgehead atoms. The van der Waals surface area contributed by atoms with Gasteiger partial charge in [-0.05, 0) is 70.7 Å². The van der Waals surface area contributed by atoms with Crippen LogP contribution in [0.5, 0.6) is 5.75 Å². The number of hydrogen-bond acceptors (Lipinski definition) is 5. The average molecular weight is 513 g/mol. The highest BCUT2D eigenvalue weighted by Crippen LogP contribution is 2.37. The van der Waals surface area contributed by atoms with E-state index >= 15 is 0 Å². The molecule has 2 aliphatic heterocycles. The molecule has 202 valence electrons. The van der Waals surface area contributed by atoms with Crippen LogP contribution in [0.15, 0.2) is 24.3 Å². The van der Waals surface area contributed by atoms with Gasteiger partial charge in [-0.15, -0.1) is 0 Å². The molecule has 2 fully saturated rings. The summed E-state index contributed by atoms with van der Waals surface area (Å²) in [5, 5.41) is 6.91. The van der Waals surface area contributed by atoms with Gasteiger partial charge in [-0.3, -0.25) is 14.4 Å². The van der Waals surface area contributed by atoms with E-state index in [1.54, 1.807) is 11.8 Å². The number of fused-ring (bicyclic) bond motifs is 1. The number of ether oxygens (including phenoxy) is 2. The van der Waals surface area contributed by atoms with Gasteiger partial charge in [-0.2, -0.15) is 0 Å². The molecule has 1 aromatic carbocycles. The molecule has 0 saturated carbocycles. The summed E-state index contributed by atoms with van der Waals surface area (Å²) >= 11 is 0. The third-order valence-electron chi connectivity index (χ3n) is 7.86. The molecule has 0 aliphatic carbocycles. The lowest BCUT2D eigenvalue weighted by Gasteiger charge is -2.41. The van der Waals surface area contributed by atoms with Gasteiger partial charge in [0.15, 0.2) is 6.61 Å². The summed E-state index contributed by atoms with van der Waals surface area (Å²) in [6.45, 7) is 7.65. The minimum Gasteiger partial charge on any atom is -0.484 e. The number of likely N-dealkylation sites (tertiary alicyclic amines) is 1. The number of piperidine rings is 1. The van der Waals surface area contributed by atoms with Crippen LogP contribution >= 0.6 is 0 Å². The van der Waals surface area contributed by atoms with Gasteiger partial charge in [0.1, 0.15) is 11.8 Å². The monoisotopic (exact) mass is 512 g/mol. The molecule has 3 amide bonds. The number of rotatable bonds is 3. The first-order valence-corrected chi connectivity index (χ1v) is 13.3. The molecule has 0 radical (unpaired) electrons. The summed E-state index contributed by atoms with van der Waals surface area (Å²) in [6.07, 6.45) is 3.54. The van der Waals surface area contributed by atoms with Crippen molar-refractivity contribution in [2.75, 3.05) is 32.9 Å². The van der Waals surface area contributed by atoms with Crippen molar-refractivity contribution in [1.29, 1.82) is 0 Å². The summed E-state index contributed by atoms with van der Waals surface area (Å²) in [6, 6.07) is 7.20. The highest BCUT2D eigenvalue weighted by Gasteiger charge is 2.42. The first-order chi connectivity index (χ1) is 17.7. The van der Waals surface area contributed by atoms with Gasteiger partial charge in [-0.1, -0.05) is 6.42 Å². The first kappa shape index (κ1) is 27.0. The Morgan fingerprint density at radius 1 is 1.11 bits per heavy atom. The molecule has 37 heavy (non-hydrogen) atoms. The fourth-order valence-corrected chi connectivity index (χ4v) is 5.32. The third-order valence-corrected chi connectivity index (χ3v) is 7.86. The van der Waals surface area contributed by atoms with Crippen LogP contribution in [-0.2, 0) is 26.2 Å². The van der Waals surface area contributed by atoms with E-state index in [2.05, 4.69) is 28.2 Å². The minimum atomic E-state index is -0.633. The standard InChI is InChI=1S/C28H40N4O5/c1-19-17-36-14-6-5-9-28(27(35)30-21(3)26(34)29-19)10-12-32(13-11-28)25(33)18-37-23-7-8-24-22(16-23)15-20(2)31(24)4/h7-8,15-16,19,21H,5-6,9-14,17-18H2,1-4H3,(H,29,34)(H,30,35)/t19-,21-/m0/s1. The van der Waals surface area contributed by atoms with Gasteiger partial charge in [0.2, 0.25) is 11.8 Å². The maximum Gasteiger partial charge on any atom is 0.260 e. The molecular weight excluding hydrogens is 472 g/mol. The van der Waals surface area contributed by atoms with Crippen LogP contribution < -0.4 is 15.4 Å². The molecule has 1 spiro atoms. The normalized spacial score (nSPS) is 23.5. The molecule has 0 unspecified atom stereocenters. The summed E-state index contributed by atoms with van der Waals surface area (Å²) in [4.78, 5) is 40.6. The zero-order chi connectivity index (χ0) is 26.6. The fourth-order valence-electron chi connectivity index (χ4n) is 5.32. The number of hydrogen-bond donors (Lipinski definition) is 2. The number of aromatic nitrogens is 1. The Morgan fingerprint density at radius 3 is 2.62 bits per heavy atom. The first-order valence-electron chi connectivity index (χ1n) is 13.3. The third kappa shape index (κ3) is 6.26. The van der Waals surface area contributed by atoms with E-state index in [-0.39, 0.29) is 30.4 Å². The van der Waals surface area contributed by atoms with Crippen LogP contribution in [0, 0.1) is 12.3 Å². The molecule has 2 atom stereocenters. The average Bonchev–Trinajstić information content (AvgIpc) is 3.16. The second kappa shape index (κ2) is 11.5. The number of carbonyl (C=O) groups is 3. The summed E-state index contributed by atoms with van der Waals surface area (Å²) in [5.74, 6) is 0.267. The summed E-state index contributed by atoms with van der Waals surface area (Å²) in [7, 11) is 2.03. The maximum atomic E-state index is 13.4. The summed E-state index contributed by atoms with van der Waals surface area (Å²) < 4.78 is 13.7. The molecule has 2 aromatic rings. The van der Waals surface area contributed by atoms with E-state index in [0.29, 0.717) is 51.3 Å². The maximum absolute atomic E-state index is 13.4. The van der Waals surface area contributed by atoms with E-state index in [1.165, 1.54) is 0 Å². The van der Waals surface area contributed by atoms with Crippen molar-refractivity contribution in [2.24, 2.45) is 12.5 Å². The molecule has 1 aromatic heterocycles. The van der Waals surface area contributed by atoms with Crippen LogP contribution in [0.25, 0.3) is 10.9 Å². The molecule has 4 rings (SSSR count). The predicted molar refractivity (Wildman–Crippen MR) is 141 cm³/mol. The van der Waals surface area contributed by atoms with Gasteiger partial charge in [0, 0.05) is 49.4 Å². The van der Waals surface area contributed by atoms with Crippen molar-refractivity contribution in [3.63, 3.8) is 0 Å². The Kier molecular flexibility index (Phi) is 8.42. The van der Waals surface area contributed by atoms with Crippen LogP contribution in [0.4, 0.5) is 0 Å². The largest absolute Gasteiger partial charge is 0.484 e. The SMILES string of the molecule is Cc1cc2cc(OCC(=O)N3CCC4(CCCCOC[C@H](C)NC(=O)[C@H](C)NC4=O)CC3)ccc2n1C. The Morgan fingerprint density at radius 2 is 1.86 bits per heavy atom. The topological polar surface area (TPSA) is 102 Å². The molecule has 2 saturated heterocycles. The minimum absolute atomic E-state index is 0.0384. The lowest BCUT2D eigenvalue weighted by Crippen LogP contribution is -2.55. The van der Waals surface area contributed by atoms with Crippen LogP contribution in [0.3, 0.4) is 0 Å². The number of benzene rings is 1. The van der Waals surface area contributed by atoms with E-state index in [4.69, 9.17) is 9.47 Å². The molecular formula is C28H40N4O5. The molecule has 9 heteroatoms. The van der Waals surface area contributed by atoms with Crippen LogP contribution in [-0.4, -0.2) is 72.2 Å². The summed E-state index contributed by atoms with van der Waals surface area (Å²) in [5.41, 5.74) is 1.69. The Bertz CT molecular complexity index is 1140. The van der Waals surface area contributed by atoms with Gasteiger partial charge in [0.25, 0.3) is 5.91 Å². The van der Waals surface area contributed by atoms with Crippen molar-refractivity contribution in [3.8, 4) is 5.75 Å². The Labute approximate surface area is 218 Å². The number of aryl methyl sites for hydroxylation is 2. The zero-order valence-electron chi connectivity index (χ0n) is 22.5. The second-order valence-corrected chi connectivity index (χ2v) is 10.7.